The van der Waals surface area contributed by atoms with Gasteiger partial charge < -0.3 is 15.4 Å². The van der Waals surface area contributed by atoms with Gasteiger partial charge >= 0.3 is 0 Å². The van der Waals surface area contributed by atoms with Gasteiger partial charge in [-0.25, -0.2) is 0 Å². The van der Waals surface area contributed by atoms with E-state index in [4.69, 9.17) is 16.3 Å². The molecule has 0 fully saturated rings. The lowest BCUT2D eigenvalue weighted by atomic mass is 10.0. The number of hydrogen-bond donors (Lipinski definition) is 2. The second-order valence-corrected chi connectivity index (χ2v) is 5.94. The van der Waals surface area contributed by atoms with E-state index < -0.39 is 0 Å². The minimum absolute atomic E-state index is 0.113. The summed E-state index contributed by atoms with van der Waals surface area (Å²) in [6, 6.07) is 13.2. The van der Waals surface area contributed by atoms with E-state index in [0.717, 1.165) is 11.4 Å². The number of rotatable bonds is 6. The number of methoxy groups -OCH3 is 1. The average molecular weight is 333 g/mol. The van der Waals surface area contributed by atoms with Gasteiger partial charge in [0.25, 0.3) is 0 Å². The van der Waals surface area contributed by atoms with Crippen LogP contribution < -0.4 is 15.4 Å². The van der Waals surface area contributed by atoms with Crippen molar-refractivity contribution >= 4 is 28.9 Å². The number of halogens is 1. The summed E-state index contributed by atoms with van der Waals surface area (Å²) in [5, 5.41) is 6.43. The van der Waals surface area contributed by atoms with E-state index in [-0.39, 0.29) is 12.5 Å². The van der Waals surface area contributed by atoms with Crippen molar-refractivity contribution in [2.24, 2.45) is 0 Å². The monoisotopic (exact) mass is 332 g/mol. The molecular weight excluding hydrogens is 312 g/mol. The Balaban J connectivity index is 1.92. The van der Waals surface area contributed by atoms with E-state index in [1.54, 1.807) is 19.2 Å². The van der Waals surface area contributed by atoms with E-state index in [1.807, 2.05) is 24.3 Å². The third-order valence-corrected chi connectivity index (χ3v) is 3.74. The van der Waals surface area contributed by atoms with Crippen molar-refractivity contribution in [2.75, 3.05) is 24.3 Å². The third kappa shape index (κ3) is 4.89. The summed E-state index contributed by atoms with van der Waals surface area (Å²) >= 11 is 6.06. The fraction of sp³-hybridized carbons (Fsp3) is 0.278. The first-order valence-corrected chi connectivity index (χ1v) is 7.84. The second-order valence-electron chi connectivity index (χ2n) is 5.53. The summed E-state index contributed by atoms with van der Waals surface area (Å²) in [5.74, 6) is 0.913. The number of nitrogens with one attached hydrogen (secondary N) is 2. The van der Waals surface area contributed by atoms with E-state index in [9.17, 15) is 4.79 Å². The molecule has 0 aliphatic carbocycles. The van der Waals surface area contributed by atoms with Crippen LogP contribution in [0.3, 0.4) is 0 Å². The van der Waals surface area contributed by atoms with Gasteiger partial charge in [-0.2, -0.15) is 0 Å². The molecule has 2 N–H and O–H groups in total. The third-order valence-electron chi connectivity index (χ3n) is 3.44. The zero-order valence-corrected chi connectivity index (χ0v) is 14.3. The molecule has 4 nitrogen and oxygen atoms in total. The summed E-state index contributed by atoms with van der Waals surface area (Å²) in [6.45, 7) is 4.40. The van der Waals surface area contributed by atoms with Crippen molar-refractivity contribution in [3.05, 3.63) is 53.1 Å². The van der Waals surface area contributed by atoms with Crippen LogP contribution in [0.1, 0.15) is 25.3 Å². The highest BCUT2D eigenvalue weighted by Crippen LogP contribution is 2.27. The minimum Gasteiger partial charge on any atom is -0.495 e. The molecule has 0 saturated carbocycles. The van der Waals surface area contributed by atoms with Gasteiger partial charge in [-0.05, 0) is 41.8 Å². The molecule has 2 aromatic carbocycles. The number of benzene rings is 2. The highest BCUT2D eigenvalue weighted by Gasteiger charge is 2.06. The average Bonchev–Trinajstić information content (AvgIpc) is 2.53. The molecule has 1 amide bonds. The molecule has 0 aromatic heterocycles. The predicted octanol–water partition coefficient (Wildman–Crippen LogP) is 4.52. The largest absolute Gasteiger partial charge is 0.495 e. The Morgan fingerprint density at radius 3 is 2.61 bits per heavy atom. The smallest absolute Gasteiger partial charge is 0.243 e. The van der Waals surface area contributed by atoms with Crippen molar-refractivity contribution in [3.63, 3.8) is 0 Å². The lowest BCUT2D eigenvalue weighted by molar-refractivity contribution is -0.114. The Morgan fingerprint density at radius 2 is 1.96 bits per heavy atom. The van der Waals surface area contributed by atoms with Crippen LogP contribution in [-0.2, 0) is 4.79 Å². The van der Waals surface area contributed by atoms with Crippen LogP contribution in [0.2, 0.25) is 5.02 Å². The molecule has 0 aliphatic heterocycles. The van der Waals surface area contributed by atoms with Crippen molar-refractivity contribution in [1.29, 1.82) is 0 Å². The van der Waals surface area contributed by atoms with Crippen LogP contribution in [0.5, 0.6) is 5.75 Å². The van der Waals surface area contributed by atoms with Crippen LogP contribution in [0.15, 0.2) is 42.5 Å². The maximum atomic E-state index is 12.0. The van der Waals surface area contributed by atoms with Gasteiger partial charge in [-0.1, -0.05) is 37.6 Å². The molecule has 0 heterocycles. The topological polar surface area (TPSA) is 50.4 Å². The van der Waals surface area contributed by atoms with Crippen molar-refractivity contribution < 1.29 is 9.53 Å². The molecule has 0 bridgehead atoms. The predicted molar refractivity (Wildman–Crippen MR) is 95.7 cm³/mol. The Hall–Kier alpha value is -2.20. The van der Waals surface area contributed by atoms with E-state index in [1.165, 1.54) is 5.56 Å². The molecule has 0 unspecified atom stereocenters. The Morgan fingerprint density at radius 1 is 1.17 bits per heavy atom. The highest BCUT2D eigenvalue weighted by molar-refractivity contribution is 6.32. The minimum atomic E-state index is -0.113. The molecule has 0 radical (unpaired) electrons. The maximum Gasteiger partial charge on any atom is 0.243 e. The molecule has 2 rings (SSSR count). The van der Waals surface area contributed by atoms with Gasteiger partial charge in [0.15, 0.2) is 0 Å². The van der Waals surface area contributed by atoms with Crippen molar-refractivity contribution in [1.82, 2.24) is 0 Å². The molecule has 122 valence electrons. The van der Waals surface area contributed by atoms with E-state index in [2.05, 4.69) is 30.5 Å². The van der Waals surface area contributed by atoms with Gasteiger partial charge in [0.1, 0.15) is 5.75 Å². The number of anilines is 2. The molecule has 5 heteroatoms. The summed E-state index contributed by atoms with van der Waals surface area (Å²) in [7, 11) is 1.56. The quantitative estimate of drug-likeness (QED) is 0.817. The van der Waals surface area contributed by atoms with Crippen LogP contribution in [0, 0.1) is 0 Å². The molecule has 23 heavy (non-hydrogen) atoms. The molecule has 0 aliphatic rings. The Labute approximate surface area is 141 Å². The number of carbonyl (C=O) groups is 1. The first-order valence-electron chi connectivity index (χ1n) is 7.47. The number of hydrogen-bond acceptors (Lipinski definition) is 3. The van der Waals surface area contributed by atoms with Gasteiger partial charge in [-0.15, -0.1) is 0 Å². The fourth-order valence-electron chi connectivity index (χ4n) is 2.14. The fourth-order valence-corrected chi connectivity index (χ4v) is 2.40. The lowest BCUT2D eigenvalue weighted by Gasteiger charge is -2.11. The summed E-state index contributed by atoms with van der Waals surface area (Å²) in [4.78, 5) is 12.0. The summed E-state index contributed by atoms with van der Waals surface area (Å²) in [5.41, 5.74) is 2.76. The molecule has 0 atom stereocenters. The molecule has 2 aromatic rings. The summed E-state index contributed by atoms with van der Waals surface area (Å²) < 4.78 is 5.10. The standard InChI is InChI=1S/C18H21ClN2O2/c1-12(2)13-5-4-6-15(9-13)21-18(22)11-20-14-7-8-17(23-3)16(19)10-14/h4-10,12,20H,11H2,1-3H3,(H,21,22). The van der Waals surface area contributed by atoms with Gasteiger partial charge in [0.2, 0.25) is 5.91 Å². The van der Waals surface area contributed by atoms with Crippen LogP contribution in [-0.4, -0.2) is 19.6 Å². The van der Waals surface area contributed by atoms with E-state index in [0.29, 0.717) is 16.7 Å². The number of carbonyl (C=O) groups excluding carboxylic acids is 1. The normalized spacial score (nSPS) is 10.5. The Bertz CT molecular complexity index is 686. The zero-order chi connectivity index (χ0) is 16.8. The van der Waals surface area contributed by atoms with Crippen LogP contribution in [0.25, 0.3) is 0 Å². The number of ether oxygens (including phenoxy) is 1. The molecular formula is C18H21ClN2O2. The summed E-state index contributed by atoms with van der Waals surface area (Å²) in [6.07, 6.45) is 0. The second kappa shape index (κ2) is 7.88. The van der Waals surface area contributed by atoms with Gasteiger partial charge in [0, 0.05) is 11.4 Å². The maximum absolute atomic E-state index is 12.0. The molecule has 0 saturated heterocycles. The lowest BCUT2D eigenvalue weighted by Crippen LogP contribution is -2.21. The Kier molecular flexibility index (Phi) is 5.88. The van der Waals surface area contributed by atoms with Crippen LogP contribution in [0.4, 0.5) is 11.4 Å². The first kappa shape index (κ1) is 17.2. The van der Waals surface area contributed by atoms with Crippen molar-refractivity contribution in [3.8, 4) is 5.75 Å². The van der Waals surface area contributed by atoms with Gasteiger partial charge in [-0.3, -0.25) is 4.79 Å². The van der Waals surface area contributed by atoms with E-state index >= 15 is 0 Å². The van der Waals surface area contributed by atoms with Gasteiger partial charge in [0.05, 0.1) is 18.7 Å². The highest BCUT2D eigenvalue weighted by atomic mass is 35.5. The molecule has 0 spiro atoms. The first-order chi connectivity index (χ1) is 11.0. The number of amides is 1. The zero-order valence-electron chi connectivity index (χ0n) is 13.5. The SMILES string of the molecule is COc1ccc(NCC(=O)Nc2cccc(C(C)C)c2)cc1Cl. The van der Waals surface area contributed by atoms with Crippen LogP contribution >= 0.6 is 11.6 Å². The van der Waals surface area contributed by atoms with Crippen molar-refractivity contribution in [2.45, 2.75) is 19.8 Å².